The second-order valence-corrected chi connectivity index (χ2v) is 7.88. The lowest BCUT2D eigenvalue weighted by Crippen LogP contribution is -2.34. The van der Waals surface area contributed by atoms with Crippen LogP contribution >= 0.6 is 15.9 Å². The number of nitriles is 1. The van der Waals surface area contributed by atoms with Crippen LogP contribution in [0.15, 0.2) is 46.9 Å². The number of amides is 1. The van der Waals surface area contributed by atoms with E-state index in [-0.39, 0.29) is 6.61 Å². The molecule has 0 aromatic heterocycles. The van der Waals surface area contributed by atoms with E-state index in [1.165, 1.54) is 11.8 Å². The lowest BCUT2D eigenvalue weighted by atomic mass is 10.1. The van der Waals surface area contributed by atoms with Crippen LogP contribution < -0.4 is 4.90 Å². The molecule has 0 saturated heterocycles. The summed E-state index contributed by atoms with van der Waals surface area (Å²) < 4.78 is 11.4. The van der Waals surface area contributed by atoms with Crippen LogP contribution in [0.4, 0.5) is 16.2 Å². The van der Waals surface area contributed by atoms with Crippen LogP contribution in [0.25, 0.3) is 0 Å². The van der Waals surface area contributed by atoms with E-state index in [4.69, 9.17) is 14.7 Å². The molecule has 0 heterocycles. The molecular formula is C21H21BrN2O4. The van der Waals surface area contributed by atoms with Crippen molar-refractivity contribution in [2.75, 3.05) is 4.90 Å². The van der Waals surface area contributed by atoms with Gasteiger partial charge in [0.05, 0.1) is 23.0 Å². The number of halogens is 1. The molecule has 28 heavy (non-hydrogen) atoms. The summed E-state index contributed by atoms with van der Waals surface area (Å²) in [5.74, 6) is -0.395. The second-order valence-electron chi connectivity index (χ2n) is 7.03. The Morgan fingerprint density at radius 2 is 1.71 bits per heavy atom. The fourth-order valence-electron chi connectivity index (χ4n) is 2.34. The van der Waals surface area contributed by atoms with Gasteiger partial charge in [-0.25, -0.2) is 9.69 Å². The smallest absolute Gasteiger partial charge is 0.419 e. The van der Waals surface area contributed by atoms with Gasteiger partial charge in [0.1, 0.15) is 12.2 Å². The molecular weight excluding hydrogens is 424 g/mol. The molecule has 0 aliphatic carbocycles. The van der Waals surface area contributed by atoms with Crippen molar-refractivity contribution >= 4 is 39.4 Å². The third kappa shape index (κ3) is 5.83. The van der Waals surface area contributed by atoms with Gasteiger partial charge in [0.2, 0.25) is 0 Å². The van der Waals surface area contributed by atoms with Gasteiger partial charge in [-0.05, 0) is 63.2 Å². The minimum Gasteiger partial charge on any atom is -0.461 e. The molecule has 6 nitrogen and oxygen atoms in total. The molecule has 1 amide bonds. The summed E-state index contributed by atoms with van der Waals surface area (Å²) in [7, 11) is 0. The van der Waals surface area contributed by atoms with Crippen molar-refractivity contribution in [2.45, 2.75) is 39.9 Å². The summed E-state index contributed by atoms with van der Waals surface area (Å²) in [6.07, 6.45) is -0.557. The topological polar surface area (TPSA) is 79.6 Å². The number of nitrogens with zero attached hydrogens (tertiary/aromatic N) is 2. The van der Waals surface area contributed by atoms with Crippen molar-refractivity contribution in [1.82, 2.24) is 0 Å². The van der Waals surface area contributed by atoms with E-state index in [0.717, 1.165) is 4.47 Å². The first kappa shape index (κ1) is 21.5. The maximum atomic E-state index is 12.9. The van der Waals surface area contributed by atoms with E-state index in [2.05, 4.69) is 22.0 Å². The second kappa shape index (κ2) is 8.89. The third-order valence-electron chi connectivity index (χ3n) is 3.55. The highest BCUT2D eigenvalue weighted by Crippen LogP contribution is 2.31. The van der Waals surface area contributed by atoms with Gasteiger partial charge in [0.25, 0.3) is 0 Å². The summed E-state index contributed by atoms with van der Waals surface area (Å²) in [5, 5.41) is 9.02. The first-order chi connectivity index (χ1) is 13.1. The molecule has 2 aromatic rings. The zero-order valence-electron chi connectivity index (χ0n) is 16.2. The lowest BCUT2D eigenvalue weighted by Gasteiger charge is -2.28. The molecule has 0 bridgehead atoms. The number of benzene rings is 2. The molecule has 0 fully saturated rings. The molecule has 2 aromatic carbocycles. The van der Waals surface area contributed by atoms with Gasteiger partial charge in [-0.15, -0.1) is 0 Å². The van der Waals surface area contributed by atoms with Crippen LogP contribution in [0, 0.1) is 11.3 Å². The monoisotopic (exact) mass is 444 g/mol. The van der Waals surface area contributed by atoms with E-state index in [9.17, 15) is 9.59 Å². The van der Waals surface area contributed by atoms with Crippen LogP contribution in [0.2, 0.25) is 0 Å². The quantitative estimate of drug-likeness (QED) is 0.585. The van der Waals surface area contributed by atoms with Crippen LogP contribution in [0.5, 0.6) is 0 Å². The molecule has 0 radical (unpaired) electrons. The van der Waals surface area contributed by atoms with Gasteiger partial charge >= 0.3 is 12.1 Å². The van der Waals surface area contributed by atoms with Crippen LogP contribution in [0.1, 0.15) is 38.8 Å². The average Bonchev–Trinajstić information content (AvgIpc) is 2.61. The predicted molar refractivity (Wildman–Crippen MR) is 109 cm³/mol. The Bertz CT molecular complexity index is 911. The number of carbonyl (C=O) groups is 2. The molecule has 0 unspecified atom stereocenters. The fraction of sp³-hybridized carbons (Fsp3) is 0.286. The Balaban J connectivity index is 2.48. The van der Waals surface area contributed by atoms with Crippen molar-refractivity contribution < 1.29 is 19.1 Å². The van der Waals surface area contributed by atoms with Crippen molar-refractivity contribution in [3.63, 3.8) is 0 Å². The van der Waals surface area contributed by atoms with Gasteiger partial charge in [-0.2, -0.15) is 5.26 Å². The van der Waals surface area contributed by atoms with Crippen molar-refractivity contribution in [1.29, 1.82) is 5.26 Å². The van der Waals surface area contributed by atoms with Crippen molar-refractivity contribution in [3.8, 4) is 6.07 Å². The van der Waals surface area contributed by atoms with Crippen LogP contribution in [-0.2, 0) is 20.9 Å². The highest BCUT2D eigenvalue weighted by molar-refractivity contribution is 9.10. The highest BCUT2D eigenvalue weighted by Gasteiger charge is 2.25. The van der Waals surface area contributed by atoms with E-state index < -0.39 is 17.7 Å². The normalized spacial score (nSPS) is 10.7. The highest BCUT2D eigenvalue weighted by atomic mass is 79.9. The summed E-state index contributed by atoms with van der Waals surface area (Å²) in [6, 6.07) is 13.9. The van der Waals surface area contributed by atoms with E-state index in [1.54, 1.807) is 63.2 Å². The number of anilines is 2. The maximum Gasteiger partial charge on any atom is 0.419 e. The van der Waals surface area contributed by atoms with Gasteiger partial charge < -0.3 is 9.47 Å². The molecule has 0 aliphatic heterocycles. The molecule has 0 spiro atoms. The minimum atomic E-state index is -0.683. The number of carbonyl (C=O) groups excluding carboxylic acids is 2. The molecule has 146 valence electrons. The minimum absolute atomic E-state index is 0.0687. The van der Waals surface area contributed by atoms with E-state index in [1.807, 2.05) is 0 Å². The number of hydrogen-bond donors (Lipinski definition) is 0. The van der Waals surface area contributed by atoms with Gasteiger partial charge in [0.15, 0.2) is 0 Å². The van der Waals surface area contributed by atoms with Gasteiger partial charge in [-0.3, -0.25) is 4.79 Å². The summed E-state index contributed by atoms with van der Waals surface area (Å²) in [6.45, 7) is 6.77. The molecule has 0 N–H and O–H groups in total. The average molecular weight is 445 g/mol. The van der Waals surface area contributed by atoms with E-state index >= 15 is 0 Å². The molecule has 0 aliphatic rings. The standard InChI is InChI=1S/C21H21BrN2O4/c1-14(25)27-13-16-11-18(9-10-19(16)22)24(20(26)28-21(2,3)4)17-7-5-15(12-23)6-8-17/h5-11H,13H2,1-4H3. The first-order valence-electron chi connectivity index (χ1n) is 8.56. The Hall–Kier alpha value is -2.85. The Morgan fingerprint density at radius 1 is 1.11 bits per heavy atom. The number of ether oxygens (including phenoxy) is 2. The molecule has 0 saturated carbocycles. The summed E-state index contributed by atoms with van der Waals surface area (Å²) >= 11 is 3.43. The van der Waals surface area contributed by atoms with Gasteiger partial charge in [-0.1, -0.05) is 15.9 Å². The Labute approximate surface area is 172 Å². The van der Waals surface area contributed by atoms with Crippen LogP contribution in [0.3, 0.4) is 0 Å². The zero-order chi connectivity index (χ0) is 20.9. The molecule has 7 heteroatoms. The summed E-state index contributed by atoms with van der Waals surface area (Å²) in [5.41, 5.74) is 1.60. The zero-order valence-corrected chi connectivity index (χ0v) is 17.7. The van der Waals surface area contributed by atoms with Crippen LogP contribution in [-0.4, -0.2) is 17.7 Å². The SMILES string of the molecule is CC(=O)OCc1cc(N(C(=O)OC(C)(C)C)c2ccc(C#N)cc2)ccc1Br. The molecule has 0 atom stereocenters. The fourth-order valence-corrected chi connectivity index (χ4v) is 2.70. The first-order valence-corrected chi connectivity index (χ1v) is 9.35. The van der Waals surface area contributed by atoms with Crippen molar-refractivity contribution in [2.24, 2.45) is 0 Å². The molecule has 2 rings (SSSR count). The van der Waals surface area contributed by atoms with Crippen molar-refractivity contribution in [3.05, 3.63) is 58.1 Å². The number of esters is 1. The maximum absolute atomic E-state index is 12.9. The largest absolute Gasteiger partial charge is 0.461 e. The Morgan fingerprint density at radius 3 is 2.25 bits per heavy atom. The number of hydrogen-bond acceptors (Lipinski definition) is 5. The third-order valence-corrected chi connectivity index (χ3v) is 4.32. The number of rotatable bonds is 4. The van der Waals surface area contributed by atoms with Gasteiger partial charge in [0, 0.05) is 17.0 Å². The Kier molecular flexibility index (Phi) is 6.81. The van der Waals surface area contributed by atoms with E-state index in [0.29, 0.717) is 22.5 Å². The predicted octanol–water partition coefficient (Wildman–Crippen LogP) is 5.46. The lowest BCUT2D eigenvalue weighted by molar-refractivity contribution is -0.142. The summed E-state index contributed by atoms with van der Waals surface area (Å²) in [4.78, 5) is 25.5.